The topological polar surface area (TPSA) is 41.5 Å². The molecule has 1 aromatic carbocycles. The third-order valence-electron chi connectivity index (χ3n) is 2.33. The van der Waals surface area contributed by atoms with Crippen molar-refractivity contribution >= 4 is 0 Å². The lowest BCUT2D eigenvalue weighted by molar-refractivity contribution is 0.0989. The van der Waals surface area contributed by atoms with E-state index in [0.717, 1.165) is 5.56 Å². The molecule has 0 amide bonds. The average Bonchev–Trinajstić information content (AvgIpc) is 2.47. The van der Waals surface area contributed by atoms with Crippen LogP contribution < -0.4 is 5.32 Å². The third-order valence-corrected chi connectivity index (χ3v) is 2.33. The van der Waals surface area contributed by atoms with Crippen molar-refractivity contribution in [2.24, 2.45) is 0 Å². The molecule has 0 aliphatic carbocycles. The van der Waals surface area contributed by atoms with Crippen LogP contribution in [-0.2, 0) is 4.74 Å². The maximum atomic E-state index is 9.14. The maximum absolute atomic E-state index is 9.14. The van der Waals surface area contributed by atoms with Gasteiger partial charge in [0.2, 0.25) is 0 Å². The van der Waals surface area contributed by atoms with Crippen LogP contribution in [0.3, 0.4) is 0 Å². The summed E-state index contributed by atoms with van der Waals surface area (Å²) in [6, 6.07) is 7.08. The van der Waals surface area contributed by atoms with E-state index < -0.39 is 0 Å². The second-order valence-corrected chi connectivity index (χ2v) is 4.31. The Hall–Kier alpha value is -1.06. The molecule has 1 aromatic rings. The first-order chi connectivity index (χ1) is 6.57. The molecule has 76 valence electrons. The number of ether oxygens (including phenoxy) is 1. The van der Waals surface area contributed by atoms with Gasteiger partial charge in [0, 0.05) is 5.54 Å². The largest absolute Gasteiger partial charge is 0.508 e. The van der Waals surface area contributed by atoms with E-state index in [-0.39, 0.29) is 17.5 Å². The lowest BCUT2D eigenvalue weighted by Gasteiger charge is -2.17. The summed E-state index contributed by atoms with van der Waals surface area (Å²) in [5.41, 5.74) is 1.08. The van der Waals surface area contributed by atoms with Gasteiger partial charge in [-0.1, -0.05) is 12.1 Å². The average molecular weight is 193 g/mol. The van der Waals surface area contributed by atoms with Gasteiger partial charge in [-0.3, -0.25) is 5.32 Å². The van der Waals surface area contributed by atoms with Crippen molar-refractivity contribution in [3.63, 3.8) is 0 Å². The third kappa shape index (κ3) is 1.89. The molecule has 1 saturated heterocycles. The van der Waals surface area contributed by atoms with Gasteiger partial charge < -0.3 is 9.84 Å². The molecule has 1 atom stereocenters. The van der Waals surface area contributed by atoms with Crippen molar-refractivity contribution in [3.8, 4) is 5.75 Å². The minimum absolute atomic E-state index is 0.0303. The molecule has 1 unspecified atom stereocenters. The predicted molar refractivity (Wildman–Crippen MR) is 54.0 cm³/mol. The van der Waals surface area contributed by atoms with Gasteiger partial charge in [0.25, 0.3) is 0 Å². The number of nitrogens with one attached hydrogen (secondary N) is 1. The first-order valence-corrected chi connectivity index (χ1v) is 4.75. The second kappa shape index (κ2) is 3.26. The Kier molecular flexibility index (Phi) is 2.21. The fourth-order valence-corrected chi connectivity index (χ4v) is 1.56. The summed E-state index contributed by atoms with van der Waals surface area (Å²) in [5, 5.41) is 12.5. The summed E-state index contributed by atoms with van der Waals surface area (Å²) in [6.45, 7) is 4.92. The molecule has 0 spiro atoms. The number of phenols is 1. The molecule has 1 heterocycles. The van der Waals surface area contributed by atoms with Gasteiger partial charge in [-0.25, -0.2) is 0 Å². The minimum Gasteiger partial charge on any atom is -0.508 e. The Labute approximate surface area is 83.7 Å². The Bertz CT molecular complexity index is 319. The summed E-state index contributed by atoms with van der Waals surface area (Å²) in [4.78, 5) is 0. The van der Waals surface area contributed by atoms with E-state index in [1.165, 1.54) is 0 Å². The van der Waals surface area contributed by atoms with E-state index in [4.69, 9.17) is 9.84 Å². The number of aromatic hydroxyl groups is 1. The zero-order valence-electron chi connectivity index (χ0n) is 8.45. The molecule has 14 heavy (non-hydrogen) atoms. The van der Waals surface area contributed by atoms with Crippen LogP contribution >= 0.6 is 0 Å². The normalized spacial score (nSPS) is 25.1. The Morgan fingerprint density at radius 1 is 1.36 bits per heavy atom. The van der Waals surface area contributed by atoms with Gasteiger partial charge in [0.05, 0.1) is 6.61 Å². The zero-order valence-corrected chi connectivity index (χ0v) is 8.45. The Morgan fingerprint density at radius 3 is 2.50 bits per heavy atom. The molecular weight excluding hydrogens is 178 g/mol. The first-order valence-electron chi connectivity index (χ1n) is 4.75. The van der Waals surface area contributed by atoms with Gasteiger partial charge in [-0.05, 0) is 31.5 Å². The predicted octanol–water partition coefficient (Wildman–Crippen LogP) is 1.79. The zero-order chi connectivity index (χ0) is 10.2. The smallest absolute Gasteiger partial charge is 0.134 e. The molecule has 3 nitrogen and oxygen atoms in total. The van der Waals surface area contributed by atoms with Crippen molar-refractivity contribution in [1.82, 2.24) is 5.32 Å². The van der Waals surface area contributed by atoms with Crippen molar-refractivity contribution in [2.75, 3.05) is 6.61 Å². The van der Waals surface area contributed by atoms with E-state index in [0.29, 0.717) is 6.61 Å². The molecule has 3 heteroatoms. The van der Waals surface area contributed by atoms with Crippen molar-refractivity contribution < 1.29 is 9.84 Å². The molecule has 2 N–H and O–H groups in total. The van der Waals surface area contributed by atoms with Crippen LogP contribution in [0, 0.1) is 0 Å². The van der Waals surface area contributed by atoms with E-state index in [9.17, 15) is 0 Å². The Balaban J connectivity index is 2.14. The van der Waals surface area contributed by atoms with Crippen molar-refractivity contribution in [1.29, 1.82) is 0 Å². The highest BCUT2D eigenvalue weighted by Crippen LogP contribution is 2.26. The summed E-state index contributed by atoms with van der Waals surface area (Å²) < 4.78 is 5.60. The molecule has 0 aromatic heterocycles. The SMILES string of the molecule is CC1(C)COC(c2ccc(O)cc2)N1. The highest BCUT2D eigenvalue weighted by atomic mass is 16.5. The van der Waals surface area contributed by atoms with Crippen LogP contribution in [0.5, 0.6) is 5.75 Å². The van der Waals surface area contributed by atoms with Gasteiger partial charge in [-0.2, -0.15) is 0 Å². The van der Waals surface area contributed by atoms with E-state index >= 15 is 0 Å². The number of hydrogen-bond donors (Lipinski definition) is 2. The summed E-state index contributed by atoms with van der Waals surface area (Å²) >= 11 is 0. The number of phenolic OH excluding ortho intramolecular Hbond substituents is 1. The molecule has 2 rings (SSSR count). The van der Waals surface area contributed by atoms with E-state index in [2.05, 4.69) is 19.2 Å². The lowest BCUT2D eigenvalue weighted by atomic mass is 10.1. The lowest BCUT2D eigenvalue weighted by Crippen LogP contribution is -2.35. The van der Waals surface area contributed by atoms with Crippen LogP contribution in [0.25, 0.3) is 0 Å². The quantitative estimate of drug-likeness (QED) is 0.714. The van der Waals surface area contributed by atoms with Gasteiger partial charge >= 0.3 is 0 Å². The second-order valence-electron chi connectivity index (χ2n) is 4.31. The number of hydrogen-bond acceptors (Lipinski definition) is 3. The number of rotatable bonds is 1. The van der Waals surface area contributed by atoms with Crippen LogP contribution in [0.15, 0.2) is 24.3 Å². The molecule has 0 bridgehead atoms. The van der Waals surface area contributed by atoms with Gasteiger partial charge in [-0.15, -0.1) is 0 Å². The summed E-state index contributed by atoms with van der Waals surface area (Å²) in [5.74, 6) is 0.283. The monoisotopic (exact) mass is 193 g/mol. The molecule has 1 fully saturated rings. The standard InChI is InChI=1S/C11H15NO2/c1-11(2)7-14-10(12-11)8-3-5-9(13)6-4-8/h3-6,10,12-13H,7H2,1-2H3. The van der Waals surface area contributed by atoms with Gasteiger partial charge in [0.1, 0.15) is 12.0 Å². The number of benzene rings is 1. The van der Waals surface area contributed by atoms with E-state index in [1.54, 1.807) is 12.1 Å². The van der Waals surface area contributed by atoms with E-state index in [1.807, 2.05) is 12.1 Å². The van der Waals surface area contributed by atoms with Crippen LogP contribution in [0.1, 0.15) is 25.6 Å². The fraction of sp³-hybridized carbons (Fsp3) is 0.455. The van der Waals surface area contributed by atoms with Crippen LogP contribution in [0.2, 0.25) is 0 Å². The maximum Gasteiger partial charge on any atom is 0.134 e. The molecule has 1 aliphatic heterocycles. The summed E-state index contributed by atoms with van der Waals surface area (Å²) in [6.07, 6.45) is -0.0504. The van der Waals surface area contributed by atoms with Crippen molar-refractivity contribution in [2.45, 2.75) is 25.6 Å². The van der Waals surface area contributed by atoms with Crippen LogP contribution in [-0.4, -0.2) is 17.3 Å². The van der Waals surface area contributed by atoms with Crippen molar-refractivity contribution in [3.05, 3.63) is 29.8 Å². The molecular formula is C11H15NO2. The van der Waals surface area contributed by atoms with Gasteiger partial charge in [0.15, 0.2) is 0 Å². The fourth-order valence-electron chi connectivity index (χ4n) is 1.56. The highest BCUT2D eigenvalue weighted by molar-refractivity contribution is 5.27. The van der Waals surface area contributed by atoms with Crippen LogP contribution in [0.4, 0.5) is 0 Å². The minimum atomic E-state index is -0.0504. The first kappa shape index (κ1) is 9.49. The summed E-state index contributed by atoms with van der Waals surface area (Å²) in [7, 11) is 0. The molecule has 0 radical (unpaired) electrons. The highest BCUT2D eigenvalue weighted by Gasteiger charge is 2.31. The Morgan fingerprint density at radius 2 is 2.00 bits per heavy atom. The molecule has 1 aliphatic rings. The molecule has 0 saturated carbocycles.